The lowest BCUT2D eigenvalue weighted by atomic mass is 9.95. The van der Waals surface area contributed by atoms with E-state index in [1.807, 2.05) is 0 Å². The summed E-state index contributed by atoms with van der Waals surface area (Å²) in [6, 6.07) is 0.773. The van der Waals surface area contributed by atoms with Gasteiger partial charge in [-0.3, -0.25) is 0 Å². The summed E-state index contributed by atoms with van der Waals surface area (Å²) in [5.74, 6) is 2.56. The highest BCUT2D eigenvalue weighted by atomic mass is 15.2. The van der Waals surface area contributed by atoms with Gasteiger partial charge < -0.3 is 10.2 Å². The Bertz CT molecular complexity index is 213. The second-order valence-electron chi connectivity index (χ2n) is 6.88. The van der Waals surface area contributed by atoms with Crippen LogP contribution >= 0.6 is 0 Å². The van der Waals surface area contributed by atoms with Crippen molar-refractivity contribution in [3.63, 3.8) is 0 Å². The predicted molar refractivity (Wildman–Crippen MR) is 80.9 cm³/mol. The molecule has 0 spiro atoms. The fourth-order valence-corrected chi connectivity index (χ4v) is 2.86. The third-order valence-electron chi connectivity index (χ3n) is 4.35. The maximum Gasteiger partial charge on any atom is 0.00675 e. The zero-order chi connectivity index (χ0) is 13.5. The molecule has 1 fully saturated rings. The summed E-state index contributed by atoms with van der Waals surface area (Å²) in [4.78, 5) is 2.70. The van der Waals surface area contributed by atoms with Gasteiger partial charge in [0.25, 0.3) is 0 Å². The van der Waals surface area contributed by atoms with Crippen molar-refractivity contribution >= 4 is 0 Å². The lowest BCUT2D eigenvalue weighted by molar-refractivity contribution is 0.225. The molecular weight excluding hydrogens is 220 g/mol. The van der Waals surface area contributed by atoms with Gasteiger partial charge in [0.2, 0.25) is 0 Å². The number of hydrogen-bond acceptors (Lipinski definition) is 2. The van der Waals surface area contributed by atoms with Crippen molar-refractivity contribution < 1.29 is 0 Å². The van der Waals surface area contributed by atoms with Crippen LogP contribution in [0.2, 0.25) is 0 Å². The maximum atomic E-state index is 3.54. The van der Waals surface area contributed by atoms with Crippen LogP contribution in [0.15, 0.2) is 0 Å². The molecule has 0 radical (unpaired) electrons. The summed E-state index contributed by atoms with van der Waals surface area (Å²) in [6.45, 7) is 16.7. The topological polar surface area (TPSA) is 15.3 Å². The molecular formula is C16H34N2. The van der Waals surface area contributed by atoms with Crippen LogP contribution < -0.4 is 5.32 Å². The van der Waals surface area contributed by atoms with Crippen LogP contribution in [0.4, 0.5) is 0 Å². The quantitative estimate of drug-likeness (QED) is 0.668. The van der Waals surface area contributed by atoms with Gasteiger partial charge in [-0.2, -0.15) is 0 Å². The van der Waals surface area contributed by atoms with Crippen molar-refractivity contribution in [1.29, 1.82) is 0 Å². The van der Waals surface area contributed by atoms with Gasteiger partial charge in [-0.25, -0.2) is 0 Å². The highest BCUT2D eigenvalue weighted by Gasteiger charge is 2.27. The molecule has 0 aromatic heterocycles. The smallest absolute Gasteiger partial charge is 0.00675 e. The van der Waals surface area contributed by atoms with Gasteiger partial charge in [-0.1, -0.05) is 27.7 Å². The van der Waals surface area contributed by atoms with Crippen LogP contribution in [-0.4, -0.2) is 37.1 Å². The van der Waals surface area contributed by atoms with Crippen molar-refractivity contribution in [1.82, 2.24) is 10.2 Å². The highest BCUT2D eigenvalue weighted by Crippen LogP contribution is 2.25. The molecule has 1 rings (SSSR count). The van der Waals surface area contributed by atoms with Crippen molar-refractivity contribution in [2.24, 2.45) is 17.8 Å². The van der Waals surface area contributed by atoms with Gasteiger partial charge in [0.05, 0.1) is 0 Å². The van der Waals surface area contributed by atoms with Crippen molar-refractivity contribution in [3.05, 3.63) is 0 Å². The molecule has 1 aliphatic rings. The van der Waals surface area contributed by atoms with Crippen molar-refractivity contribution in [3.8, 4) is 0 Å². The van der Waals surface area contributed by atoms with Crippen molar-refractivity contribution in [2.45, 2.75) is 59.9 Å². The van der Waals surface area contributed by atoms with Crippen LogP contribution in [0.25, 0.3) is 0 Å². The van der Waals surface area contributed by atoms with E-state index in [1.54, 1.807) is 0 Å². The molecule has 0 aromatic carbocycles. The molecule has 2 atom stereocenters. The average molecular weight is 254 g/mol. The summed E-state index contributed by atoms with van der Waals surface area (Å²) in [5, 5.41) is 3.54. The van der Waals surface area contributed by atoms with Gasteiger partial charge in [-0.15, -0.1) is 0 Å². The molecule has 1 N–H and O–H groups in total. The molecule has 0 amide bonds. The van der Waals surface area contributed by atoms with Crippen molar-refractivity contribution in [2.75, 3.05) is 26.2 Å². The van der Waals surface area contributed by atoms with E-state index in [0.29, 0.717) is 0 Å². The Balaban J connectivity index is 2.08. The minimum absolute atomic E-state index is 0.771. The van der Waals surface area contributed by atoms with E-state index in [0.717, 1.165) is 30.3 Å². The Morgan fingerprint density at radius 1 is 1.17 bits per heavy atom. The van der Waals surface area contributed by atoms with Crippen LogP contribution in [0.3, 0.4) is 0 Å². The lowest BCUT2D eigenvalue weighted by Crippen LogP contribution is -2.32. The summed E-state index contributed by atoms with van der Waals surface area (Å²) < 4.78 is 0. The van der Waals surface area contributed by atoms with E-state index in [1.165, 1.54) is 38.9 Å². The molecule has 2 heteroatoms. The standard InChI is InChI=1S/C16H34N2/c1-13(2)11-17-9-6-7-15(5)18-10-8-16(12-18)14(3)4/h13-17H,6-12H2,1-5H3. The van der Waals surface area contributed by atoms with Gasteiger partial charge in [0, 0.05) is 12.6 Å². The molecule has 2 nitrogen and oxygen atoms in total. The normalized spacial score (nSPS) is 23.2. The van der Waals surface area contributed by atoms with E-state index in [9.17, 15) is 0 Å². The van der Waals surface area contributed by atoms with E-state index >= 15 is 0 Å². The molecule has 0 bridgehead atoms. The SMILES string of the molecule is CC(C)CNCCCC(C)N1CCC(C(C)C)C1. The van der Waals surface area contributed by atoms with Crippen LogP contribution in [0, 0.1) is 17.8 Å². The zero-order valence-electron chi connectivity index (χ0n) is 13.2. The van der Waals surface area contributed by atoms with E-state index < -0.39 is 0 Å². The average Bonchev–Trinajstić information content (AvgIpc) is 2.77. The first-order valence-corrected chi connectivity index (χ1v) is 7.95. The van der Waals surface area contributed by atoms with Gasteiger partial charge in [-0.05, 0) is 63.6 Å². The summed E-state index contributed by atoms with van der Waals surface area (Å²) in [7, 11) is 0. The molecule has 1 heterocycles. The molecule has 1 aliphatic heterocycles. The molecule has 0 saturated carbocycles. The Hall–Kier alpha value is -0.0800. The molecule has 0 aromatic rings. The van der Waals surface area contributed by atoms with Crippen LogP contribution in [0.1, 0.15) is 53.9 Å². The van der Waals surface area contributed by atoms with E-state index in [2.05, 4.69) is 44.8 Å². The number of nitrogens with zero attached hydrogens (tertiary/aromatic N) is 1. The monoisotopic (exact) mass is 254 g/mol. The van der Waals surface area contributed by atoms with Gasteiger partial charge in [0.15, 0.2) is 0 Å². The minimum Gasteiger partial charge on any atom is -0.316 e. The number of nitrogens with one attached hydrogen (secondary N) is 1. The Morgan fingerprint density at radius 3 is 2.44 bits per heavy atom. The third-order valence-corrected chi connectivity index (χ3v) is 4.35. The van der Waals surface area contributed by atoms with E-state index in [4.69, 9.17) is 0 Å². The van der Waals surface area contributed by atoms with Gasteiger partial charge in [0.1, 0.15) is 0 Å². The van der Waals surface area contributed by atoms with Crippen LogP contribution in [-0.2, 0) is 0 Å². The predicted octanol–water partition coefficient (Wildman–Crippen LogP) is 3.38. The first-order chi connectivity index (χ1) is 8.50. The summed E-state index contributed by atoms with van der Waals surface area (Å²) in [5.41, 5.74) is 0. The molecule has 2 unspecified atom stereocenters. The largest absolute Gasteiger partial charge is 0.316 e. The fourth-order valence-electron chi connectivity index (χ4n) is 2.86. The van der Waals surface area contributed by atoms with Gasteiger partial charge >= 0.3 is 0 Å². The lowest BCUT2D eigenvalue weighted by Gasteiger charge is -2.25. The Morgan fingerprint density at radius 2 is 1.89 bits per heavy atom. The highest BCUT2D eigenvalue weighted by molar-refractivity contribution is 4.81. The number of rotatable bonds is 8. The summed E-state index contributed by atoms with van der Waals surface area (Å²) >= 11 is 0. The second kappa shape index (κ2) is 8.16. The maximum absolute atomic E-state index is 3.54. The zero-order valence-corrected chi connectivity index (χ0v) is 13.2. The number of likely N-dealkylation sites (tertiary alicyclic amines) is 1. The fraction of sp³-hybridized carbons (Fsp3) is 1.00. The Kier molecular flexibility index (Phi) is 7.25. The van der Waals surface area contributed by atoms with E-state index in [-0.39, 0.29) is 0 Å². The first kappa shape index (κ1) is 16.0. The number of hydrogen-bond donors (Lipinski definition) is 1. The second-order valence-corrected chi connectivity index (χ2v) is 6.88. The third kappa shape index (κ3) is 5.71. The minimum atomic E-state index is 0.771. The molecule has 1 saturated heterocycles. The first-order valence-electron chi connectivity index (χ1n) is 7.95. The molecule has 0 aliphatic carbocycles. The summed E-state index contributed by atoms with van der Waals surface area (Å²) in [6.07, 6.45) is 4.07. The molecule has 108 valence electrons. The Labute approximate surface area is 115 Å². The molecule has 18 heavy (non-hydrogen) atoms. The van der Waals surface area contributed by atoms with Crippen LogP contribution in [0.5, 0.6) is 0 Å².